The topological polar surface area (TPSA) is 69.0 Å². The molecule has 2 aromatic carbocycles. The Labute approximate surface area is 133 Å². The SMILES string of the molecule is O=C(COn1nnc2ccc(Cl)cc21)Nc1ccc(F)cc1F. The summed E-state index contributed by atoms with van der Waals surface area (Å²) in [5, 5.41) is 10.3. The highest BCUT2D eigenvalue weighted by atomic mass is 35.5. The van der Waals surface area contributed by atoms with Gasteiger partial charge in [-0.05, 0) is 35.5 Å². The van der Waals surface area contributed by atoms with Crippen molar-refractivity contribution in [3.05, 3.63) is 53.1 Å². The maximum Gasteiger partial charge on any atom is 0.265 e. The molecule has 9 heteroatoms. The maximum absolute atomic E-state index is 13.4. The molecule has 3 rings (SSSR count). The number of hydrogen-bond acceptors (Lipinski definition) is 4. The Balaban J connectivity index is 1.67. The van der Waals surface area contributed by atoms with E-state index in [2.05, 4.69) is 15.6 Å². The molecule has 0 saturated heterocycles. The molecule has 0 aliphatic rings. The molecule has 0 radical (unpaired) electrons. The molecule has 1 N–H and O–H groups in total. The summed E-state index contributed by atoms with van der Waals surface area (Å²) < 4.78 is 26.2. The lowest BCUT2D eigenvalue weighted by Crippen LogP contribution is -2.26. The number of aromatic nitrogens is 3. The van der Waals surface area contributed by atoms with Crippen LogP contribution in [0.15, 0.2) is 36.4 Å². The van der Waals surface area contributed by atoms with Crippen molar-refractivity contribution in [1.82, 2.24) is 15.2 Å². The lowest BCUT2D eigenvalue weighted by atomic mass is 10.3. The molecule has 0 spiro atoms. The number of carbonyl (C=O) groups excluding carboxylic acids is 1. The molecule has 0 bridgehead atoms. The second-order valence-corrected chi connectivity index (χ2v) is 4.98. The molecule has 1 aromatic heterocycles. The number of nitrogens with zero attached hydrogens (tertiary/aromatic N) is 3. The Morgan fingerprint density at radius 3 is 2.87 bits per heavy atom. The molecular weight excluding hydrogens is 330 g/mol. The van der Waals surface area contributed by atoms with Crippen LogP contribution in [-0.4, -0.2) is 27.7 Å². The first-order valence-electron chi connectivity index (χ1n) is 6.42. The van der Waals surface area contributed by atoms with Crippen LogP contribution in [0.3, 0.4) is 0 Å². The van der Waals surface area contributed by atoms with Crippen LogP contribution in [0.25, 0.3) is 11.0 Å². The van der Waals surface area contributed by atoms with Crippen molar-refractivity contribution in [2.24, 2.45) is 0 Å². The smallest absolute Gasteiger partial charge is 0.265 e. The number of amides is 1. The monoisotopic (exact) mass is 338 g/mol. The molecule has 118 valence electrons. The van der Waals surface area contributed by atoms with Gasteiger partial charge < -0.3 is 10.2 Å². The van der Waals surface area contributed by atoms with Gasteiger partial charge in [0, 0.05) is 11.1 Å². The van der Waals surface area contributed by atoms with E-state index in [0.717, 1.165) is 17.0 Å². The van der Waals surface area contributed by atoms with Crippen LogP contribution in [0, 0.1) is 11.6 Å². The molecular formula is C14H9ClF2N4O2. The summed E-state index contributed by atoms with van der Waals surface area (Å²) in [6.45, 7) is -0.443. The zero-order chi connectivity index (χ0) is 16.4. The van der Waals surface area contributed by atoms with Crippen LogP contribution in [0.5, 0.6) is 0 Å². The van der Waals surface area contributed by atoms with E-state index < -0.39 is 24.1 Å². The highest BCUT2D eigenvalue weighted by Gasteiger charge is 2.11. The lowest BCUT2D eigenvalue weighted by molar-refractivity contribution is -0.121. The van der Waals surface area contributed by atoms with E-state index in [1.54, 1.807) is 18.2 Å². The van der Waals surface area contributed by atoms with Gasteiger partial charge in [0.1, 0.15) is 22.7 Å². The number of hydrogen-bond donors (Lipinski definition) is 1. The average molecular weight is 339 g/mol. The molecule has 0 atom stereocenters. The Hall–Kier alpha value is -2.74. The lowest BCUT2D eigenvalue weighted by Gasteiger charge is -2.07. The number of nitrogens with one attached hydrogen (secondary N) is 1. The summed E-state index contributed by atoms with van der Waals surface area (Å²) in [7, 11) is 0. The first-order chi connectivity index (χ1) is 11.0. The van der Waals surface area contributed by atoms with Crippen molar-refractivity contribution in [3.63, 3.8) is 0 Å². The third kappa shape index (κ3) is 3.37. The van der Waals surface area contributed by atoms with Crippen molar-refractivity contribution in [3.8, 4) is 0 Å². The highest BCUT2D eigenvalue weighted by Crippen LogP contribution is 2.17. The molecule has 0 fully saturated rings. The second-order valence-electron chi connectivity index (χ2n) is 4.54. The molecule has 6 nitrogen and oxygen atoms in total. The number of anilines is 1. The third-order valence-corrected chi connectivity index (χ3v) is 3.14. The Kier molecular flexibility index (Phi) is 4.07. The average Bonchev–Trinajstić information content (AvgIpc) is 2.90. The van der Waals surface area contributed by atoms with E-state index in [1.165, 1.54) is 0 Å². The zero-order valence-corrected chi connectivity index (χ0v) is 12.2. The largest absolute Gasteiger partial charge is 0.385 e. The van der Waals surface area contributed by atoms with Crippen molar-refractivity contribution in [2.45, 2.75) is 0 Å². The quantitative estimate of drug-likeness (QED) is 0.793. The normalized spacial score (nSPS) is 10.7. The van der Waals surface area contributed by atoms with Gasteiger partial charge >= 0.3 is 0 Å². The number of benzene rings is 2. The van der Waals surface area contributed by atoms with Crippen LogP contribution < -0.4 is 10.2 Å². The number of fused-ring (bicyclic) bond motifs is 1. The summed E-state index contributed by atoms with van der Waals surface area (Å²) in [4.78, 5) is 18.0. The molecule has 0 aliphatic carbocycles. The summed E-state index contributed by atoms with van der Waals surface area (Å²) >= 11 is 5.87. The van der Waals surface area contributed by atoms with E-state index in [9.17, 15) is 13.6 Å². The predicted octanol–water partition coefficient (Wildman–Crippen LogP) is 2.43. The molecule has 0 saturated carbocycles. The second kappa shape index (κ2) is 6.17. The Morgan fingerprint density at radius 2 is 2.09 bits per heavy atom. The van der Waals surface area contributed by atoms with E-state index in [1.807, 2.05) is 0 Å². The van der Waals surface area contributed by atoms with E-state index in [0.29, 0.717) is 22.1 Å². The molecule has 0 aliphatic heterocycles. The Morgan fingerprint density at radius 1 is 1.26 bits per heavy atom. The summed E-state index contributed by atoms with van der Waals surface area (Å²) in [5.41, 5.74) is 0.879. The van der Waals surface area contributed by atoms with Gasteiger partial charge in [0.05, 0.1) is 5.69 Å². The molecule has 3 aromatic rings. The summed E-state index contributed by atoms with van der Waals surface area (Å²) in [6, 6.07) is 7.70. The summed E-state index contributed by atoms with van der Waals surface area (Å²) in [6.07, 6.45) is 0. The standard InChI is InChI=1S/C14H9ClF2N4O2/c15-8-1-3-12-13(5-8)21(20-19-12)23-7-14(22)18-11-4-2-9(16)6-10(11)17/h1-6H,7H2,(H,18,22). The zero-order valence-electron chi connectivity index (χ0n) is 11.5. The van der Waals surface area contributed by atoms with Crippen LogP contribution in [0.1, 0.15) is 0 Å². The minimum absolute atomic E-state index is 0.147. The Bertz CT molecular complexity index is 884. The van der Waals surface area contributed by atoms with Crippen molar-refractivity contribution in [2.75, 3.05) is 11.9 Å². The van der Waals surface area contributed by atoms with Crippen LogP contribution in [-0.2, 0) is 4.79 Å². The van der Waals surface area contributed by atoms with Crippen molar-refractivity contribution >= 4 is 34.2 Å². The maximum atomic E-state index is 13.4. The highest BCUT2D eigenvalue weighted by molar-refractivity contribution is 6.31. The molecule has 23 heavy (non-hydrogen) atoms. The number of carbonyl (C=O) groups is 1. The number of halogens is 3. The minimum atomic E-state index is -0.878. The molecule has 1 amide bonds. The van der Waals surface area contributed by atoms with Crippen LogP contribution in [0.4, 0.5) is 14.5 Å². The van der Waals surface area contributed by atoms with Crippen LogP contribution in [0.2, 0.25) is 5.02 Å². The van der Waals surface area contributed by atoms with E-state index in [4.69, 9.17) is 16.4 Å². The fourth-order valence-corrected chi connectivity index (χ4v) is 2.03. The van der Waals surface area contributed by atoms with E-state index in [-0.39, 0.29) is 5.69 Å². The van der Waals surface area contributed by atoms with Gasteiger partial charge in [-0.3, -0.25) is 4.79 Å². The van der Waals surface area contributed by atoms with Gasteiger partial charge in [-0.2, -0.15) is 0 Å². The number of rotatable bonds is 4. The minimum Gasteiger partial charge on any atom is -0.385 e. The van der Waals surface area contributed by atoms with E-state index >= 15 is 0 Å². The molecule has 1 heterocycles. The van der Waals surface area contributed by atoms with Crippen molar-refractivity contribution in [1.29, 1.82) is 0 Å². The van der Waals surface area contributed by atoms with Gasteiger partial charge in [0.25, 0.3) is 5.91 Å². The van der Waals surface area contributed by atoms with Crippen molar-refractivity contribution < 1.29 is 18.4 Å². The third-order valence-electron chi connectivity index (χ3n) is 2.90. The fraction of sp³-hybridized carbons (Fsp3) is 0.0714. The molecule has 0 unspecified atom stereocenters. The predicted molar refractivity (Wildman–Crippen MR) is 79.0 cm³/mol. The van der Waals surface area contributed by atoms with Gasteiger partial charge in [-0.15, -0.1) is 5.10 Å². The first-order valence-corrected chi connectivity index (χ1v) is 6.80. The van der Waals surface area contributed by atoms with Gasteiger partial charge in [-0.25, -0.2) is 8.78 Å². The summed E-state index contributed by atoms with van der Waals surface area (Å²) in [5.74, 6) is -2.25. The van der Waals surface area contributed by atoms with Gasteiger partial charge in [-0.1, -0.05) is 16.4 Å². The fourth-order valence-electron chi connectivity index (χ4n) is 1.86. The first kappa shape index (κ1) is 15.2. The van der Waals surface area contributed by atoms with Gasteiger partial charge in [0.2, 0.25) is 0 Å². The van der Waals surface area contributed by atoms with Gasteiger partial charge in [0.15, 0.2) is 6.61 Å². The van der Waals surface area contributed by atoms with Crippen LogP contribution >= 0.6 is 11.6 Å².